The fourth-order valence-electron chi connectivity index (χ4n) is 6.47. The van der Waals surface area contributed by atoms with Crippen LogP contribution in [0.2, 0.25) is 10.5 Å². The first-order chi connectivity index (χ1) is 14.6. The van der Waals surface area contributed by atoms with E-state index in [1.165, 1.54) is 67.2 Å². The molecule has 1 fully saturated rings. The number of nitrogens with one attached hydrogen (secondary N) is 1. The zero-order valence-corrected chi connectivity index (χ0v) is 26.0. The number of rotatable bonds is 3. The monoisotopic (exact) mass is 532 g/mol. The minimum atomic E-state index is -5.47. The second-order valence-corrected chi connectivity index (χ2v) is 66.8. The fourth-order valence-corrected chi connectivity index (χ4v) is 21.5. The molecule has 6 heteroatoms. The standard InChI is InChI=1S/C13H25NO.C11H11.2CH3.2ClH.H3Si.Ti/c14-13(15)12-10-8-6-4-2-1-3-5-7-9-11-12;1-8-7-10-5-3-4-6-11(10)9(8)2;;;;;;/h12H,1-11H2,(H2,14,15);3-7H,1-2H3;2*1H3;2*1H;1H3;/q;;;;;;;+3/p-3. The van der Waals surface area contributed by atoms with Crippen LogP contribution >= 0.6 is 18.6 Å². The van der Waals surface area contributed by atoms with Crippen LogP contribution in [0.15, 0.2) is 29.8 Å². The van der Waals surface area contributed by atoms with E-state index < -0.39 is 10.1 Å². The summed E-state index contributed by atoms with van der Waals surface area (Å²) in [5.74, 6) is 0.105. The molecule has 0 heterocycles. The first kappa shape index (κ1) is 26.5. The van der Waals surface area contributed by atoms with E-state index in [-0.39, 0.29) is 16.0 Å². The van der Waals surface area contributed by atoms with Crippen molar-refractivity contribution in [3.8, 4) is 0 Å². The van der Waals surface area contributed by atoms with Gasteiger partial charge < -0.3 is 0 Å². The van der Waals surface area contributed by atoms with Crippen LogP contribution in [-0.2, 0) is 14.9 Å². The third-order valence-corrected chi connectivity index (χ3v) is 21.1. The first-order valence-corrected chi connectivity index (χ1v) is 27.7. The summed E-state index contributed by atoms with van der Waals surface area (Å²) in [6.07, 6.45) is 13.2. The van der Waals surface area contributed by atoms with Crippen molar-refractivity contribution in [1.82, 2.24) is 3.80 Å². The van der Waals surface area contributed by atoms with Gasteiger partial charge in [0.25, 0.3) is 0 Å². The Hall–Kier alpha value is -0.0588. The number of allylic oxidation sites excluding steroid dienone is 2. The van der Waals surface area contributed by atoms with Crippen molar-refractivity contribution in [2.24, 2.45) is 5.92 Å². The molecule has 1 atom stereocenters. The Bertz CT molecular complexity index is 916. The van der Waals surface area contributed by atoms with Crippen LogP contribution in [0, 0.1) is 5.92 Å². The molecule has 0 spiro atoms. The van der Waals surface area contributed by atoms with E-state index in [4.69, 9.17) is 18.6 Å². The van der Waals surface area contributed by atoms with Crippen molar-refractivity contribution in [2.45, 2.75) is 99.2 Å². The molecule has 1 unspecified atom stereocenters. The van der Waals surface area contributed by atoms with Gasteiger partial charge in [0.15, 0.2) is 0 Å². The van der Waals surface area contributed by atoms with Gasteiger partial charge in [-0.15, -0.1) is 0 Å². The van der Waals surface area contributed by atoms with Crippen LogP contribution < -0.4 is 3.80 Å². The Morgan fingerprint density at radius 3 is 1.91 bits per heavy atom. The van der Waals surface area contributed by atoms with Crippen LogP contribution in [0.4, 0.5) is 0 Å². The molecule has 2 aliphatic carbocycles. The molecule has 32 heavy (non-hydrogen) atoms. The molecule has 2 aliphatic rings. The molecule has 1 N–H and O–H groups in total. The summed E-state index contributed by atoms with van der Waals surface area (Å²) in [6, 6.07) is 8.45. The predicted molar refractivity (Wildman–Crippen MR) is 143 cm³/mol. The third kappa shape index (κ3) is 5.95. The zero-order valence-electron chi connectivity index (χ0n) is 20.9. The van der Waals surface area contributed by atoms with Gasteiger partial charge in [-0.1, -0.05) is 0 Å². The third-order valence-electron chi connectivity index (χ3n) is 8.07. The van der Waals surface area contributed by atoms with Crippen LogP contribution in [0.5, 0.6) is 0 Å². The SMILES string of the molecule is CC1=C(C)[CH]([Ti]([CH3])([CH3])([SiH3])([Cl])([Cl])[NH]C(=O)C2CCCCCCCCCCC2)c2ccccc21. The van der Waals surface area contributed by atoms with E-state index >= 15 is 0 Å². The number of amides is 1. The van der Waals surface area contributed by atoms with E-state index in [2.05, 4.69) is 41.9 Å². The van der Waals surface area contributed by atoms with E-state index in [1.807, 2.05) is 10.5 Å². The maximum atomic E-state index is 13.9. The Morgan fingerprint density at radius 1 is 0.906 bits per heavy atom. The van der Waals surface area contributed by atoms with Crippen LogP contribution in [-0.4, -0.2) is 14.0 Å². The van der Waals surface area contributed by atoms with Gasteiger partial charge in [0.1, 0.15) is 0 Å². The van der Waals surface area contributed by atoms with Gasteiger partial charge in [0.05, 0.1) is 0 Å². The predicted octanol–water partition coefficient (Wildman–Crippen LogP) is 7.93. The summed E-state index contributed by atoms with van der Waals surface area (Å²) >= 11 is 0. The Labute approximate surface area is 201 Å². The van der Waals surface area contributed by atoms with E-state index in [0.29, 0.717) is 8.11 Å². The molecule has 3 rings (SSSR count). The molecular formula is C26H44Cl2NOSiTi. The second-order valence-electron chi connectivity index (χ2n) is 13.1. The van der Waals surface area contributed by atoms with Crippen LogP contribution in [0.25, 0.3) is 5.57 Å². The van der Waals surface area contributed by atoms with Crippen LogP contribution in [0.1, 0.15) is 99.8 Å². The fraction of sp³-hybridized carbons (Fsp3) is 0.654. The first-order valence-electron chi connectivity index (χ1n) is 12.9. The molecule has 0 bridgehead atoms. The van der Waals surface area contributed by atoms with Crippen molar-refractivity contribution < 1.29 is 14.9 Å². The van der Waals surface area contributed by atoms with Crippen molar-refractivity contribution in [2.75, 3.05) is 0 Å². The topological polar surface area (TPSA) is 29.1 Å². The summed E-state index contributed by atoms with van der Waals surface area (Å²) in [7, 11) is 10.7. The van der Waals surface area contributed by atoms with Gasteiger partial charge in [-0.2, -0.15) is 0 Å². The molecule has 2 nitrogen and oxygen atoms in total. The number of fused-ring (bicyclic) bond motifs is 1. The van der Waals surface area contributed by atoms with Crippen molar-refractivity contribution in [3.05, 3.63) is 41.0 Å². The molecule has 1 aromatic rings. The number of halogens is 2. The van der Waals surface area contributed by atoms with E-state index in [1.54, 1.807) is 0 Å². The molecular weight excluding hydrogens is 489 g/mol. The van der Waals surface area contributed by atoms with Crippen molar-refractivity contribution in [3.63, 3.8) is 0 Å². The molecule has 1 aromatic carbocycles. The molecule has 0 aliphatic heterocycles. The minimum absolute atomic E-state index is 0.0102. The van der Waals surface area contributed by atoms with Crippen molar-refractivity contribution in [1.29, 1.82) is 0 Å². The molecule has 1 amide bonds. The number of carbonyl (C=O) groups is 1. The normalized spacial score (nSPS) is 25.4. The molecule has 0 radical (unpaired) electrons. The summed E-state index contributed by atoms with van der Waals surface area (Å²) in [5, 5.41) is 4.09. The van der Waals surface area contributed by atoms with Crippen molar-refractivity contribution >= 4 is 38.2 Å². The Kier molecular flexibility index (Phi) is 6.85. The van der Waals surface area contributed by atoms with Gasteiger partial charge in [0.2, 0.25) is 0 Å². The van der Waals surface area contributed by atoms with Gasteiger partial charge in [0, 0.05) is 0 Å². The number of carbonyl (C=O) groups excluding carboxylic acids is 1. The van der Waals surface area contributed by atoms with Gasteiger partial charge in [-0.25, -0.2) is 0 Å². The van der Waals surface area contributed by atoms with Crippen LogP contribution in [0.3, 0.4) is 0 Å². The maximum absolute atomic E-state index is 13.9. The van der Waals surface area contributed by atoms with E-state index in [9.17, 15) is 4.79 Å². The molecule has 0 aromatic heterocycles. The summed E-state index contributed by atoms with van der Waals surface area (Å²) < 4.78 is 3.37. The Morgan fingerprint density at radius 2 is 1.38 bits per heavy atom. The number of hydrogen-bond acceptors (Lipinski definition) is 1. The Balaban J connectivity index is 1.92. The molecule has 181 valence electrons. The summed E-state index contributed by atoms with van der Waals surface area (Å²) in [6.45, 7) is 4.31. The molecule has 1 saturated carbocycles. The molecule has 0 saturated heterocycles. The van der Waals surface area contributed by atoms with Gasteiger partial charge in [-0.05, 0) is 0 Å². The zero-order chi connectivity index (χ0) is 23.7. The van der Waals surface area contributed by atoms with Gasteiger partial charge in [-0.3, -0.25) is 0 Å². The number of benzene rings is 1. The van der Waals surface area contributed by atoms with E-state index in [0.717, 1.165) is 25.7 Å². The number of hydrogen-bond donors (Lipinski definition) is 1. The average molecular weight is 534 g/mol. The van der Waals surface area contributed by atoms with Gasteiger partial charge >= 0.3 is 203 Å². The summed E-state index contributed by atoms with van der Waals surface area (Å²) in [4.78, 5) is 13.9. The summed E-state index contributed by atoms with van der Waals surface area (Å²) in [5.41, 5.74) is 4.87. The average Bonchev–Trinajstić information content (AvgIpc) is 2.93. The quantitative estimate of drug-likeness (QED) is 0.393. The second kappa shape index (κ2) is 8.26.